The van der Waals surface area contributed by atoms with E-state index in [-0.39, 0.29) is 24.7 Å². The van der Waals surface area contributed by atoms with Crippen molar-refractivity contribution in [2.24, 2.45) is 5.92 Å². The van der Waals surface area contributed by atoms with E-state index < -0.39 is 0 Å². The first-order valence-electron chi connectivity index (χ1n) is 10.9. The highest BCUT2D eigenvalue weighted by Gasteiger charge is 2.32. The Kier molecular flexibility index (Phi) is 5.05. The summed E-state index contributed by atoms with van der Waals surface area (Å²) in [5.74, 6) is 0.569. The van der Waals surface area contributed by atoms with Gasteiger partial charge in [0, 0.05) is 17.7 Å². The molecule has 5 rings (SSSR count). The Hall–Kier alpha value is -2.69. The Morgan fingerprint density at radius 1 is 1.03 bits per heavy atom. The third kappa shape index (κ3) is 3.30. The predicted molar refractivity (Wildman–Crippen MR) is 119 cm³/mol. The lowest BCUT2D eigenvalue weighted by Gasteiger charge is -2.19. The molecule has 1 saturated heterocycles. The summed E-state index contributed by atoms with van der Waals surface area (Å²) in [5.41, 5.74) is 3.89. The van der Waals surface area contributed by atoms with Crippen molar-refractivity contribution >= 4 is 28.1 Å². The van der Waals surface area contributed by atoms with Crippen molar-refractivity contribution in [3.05, 3.63) is 71.8 Å². The second kappa shape index (κ2) is 7.86. The summed E-state index contributed by atoms with van der Waals surface area (Å²) in [5, 5.41) is 11.3. The number of aliphatic hydroxyl groups excluding tert-OH is 1. The minimum atomic E-state index is 0.0395. The number of anilines is 2. The average molecular weight is 402 g/mol. The van der Waals surface area contributed by atoms with Gasteiger partial charge in [-0.15, -0.1) is 0 Å². The monoisotopic (exact) mass is 401 g/mol. The number of aliphatic hydroxyl groups is 1. The summed E-state index contributed by atoms with van der Waals surface area (Å²) < 4.78 is 6.11. The van der Waals surface area contributed by atoms with Crippen LogP contribution >= 0.6 is 0 Å². The first-order chi connectivity index (χ1) is 14.7. The molecule has 2 heterocycles. The van der Waals surface area contributed by atoms with Crippen LogP contribution in [0.1, 0.15) is 42.1 Å². The van der Waals surface area contributed by atoms with E-state index in [1.807, 2.05) is 41.3 Å². The molecule has 2 aliphatic rings. The average Bonchev–Trinajstić information content (AvgIpc) is 3.26. The molecule has 0 aromatic heterocycles. The van der Waals surface area contributed by atoms with Crippen LogP contribution in [0.25, 0.3) is 10.8 Å². The lowest BCUT2D eigenvalue weighted by atomic mass is 9.96. The van der Waals surface area contributed by atoms with Gasteiger partial charge >= 0.3 is 0 Å². The summed E-state index contributed by atoms with van der Waals surface area (Å²) in [4.78, 5) is 14.9. The number of rotatable bonds is 6. The van der Waals surface area contributed by atoms with Crippen LogP contribution in [0.15, 0.2) is 60.7 Å². The van der Waals surface area contributed by atoms with Crippen molar-refractivity contribution in [2.45, 2.75) is 44.8 Å². The molecule has 0 unspecified atom stereocenters. The lowest BCUT2D eigenvalue weighted by molar-refractivity contribution is 0.0198. The molecule has 4 heteroatoms. The number of nitrogens with zero attached hydrogens (tertiary/aromatic N) is 1. The zero-order valence-corrected chi connectivity index (χ0v) is 17.3. The van der Waals surface area contributed by atoms with Gasteiger partial charge in [-0.2, -0.15) is 0 Å². The van der Waals surface area contributed by atoms with Crippen LogP contribution in [0, 0.1) is 5.92 Å². The summed E-state index contributed by atoms with van der Waals surface area (Å²) in [6, 6.07) is 20.3. The second-order valence-electron chi connectivity index (χ2n) is 8.55. The summed E-state index contributed by atoms with van der Waals surface area (Å²) in [7, 11) is 0. The quantitative estimate of drug-likeness (QED) is 0.614. The number of ether oxygens (including phenoxy) is 1. The van der Waals surface area contributed by atoms with Crippen molar-refractivity contribution in [3.63, 3.8) is 0 Å². The second-order valence-corrected chi connectivity index (χ2v) is 8.55. The molecule has 30 heavy (non-hydrogen) atoms. The number of carbonyl (C=O) groups excluding carboxylic acids is 1. The molecule has 0 spiro atoms. The fourth-order valence-electron chi connectivity index (χ4n) is 4.98. The predicted octanol–water partition coefficient (Wildman–Crippen LogP) is 5.24. The molecule has 3 atom stereocenters. The van der Waals surface area contributed by atoms with Gasteiger partial charge in [0.1, 0.15) is 0 Å². The van der Waals surface area contributed by atoms with Gasteiger partial charge in [0.2, 0.25) is 0 Å². The van der Waals surface area contributed by atoms with Crippen LogP contribution in [-0.4, -0.2) is 29.8 Å². The first kappa shape index (κ1) is 19.3. The Morgan fingerprint density at radius 3 is 2.57 bits per heavy atom. The number of carbonyl (C=O) groups is 1. The molecule has 1 fully saturated rings. The molecular weight excluding hydrogens is 374 g/mol. The Labute approximate surface area is 177 Å². The van der Waals surface area contributed by atoms with Gasteiger partial charge in [0.15, 0.2) is 0 Å². The van der Waals surface area contributed by atoms with Gasteiger partial charge in [0.25, 0.3) is 5.91 Å². The zero-order valence-electron chi connectivity index (χ0n) is 17.3. The Balaban J connectivity index is 1.31. The summed E-state index contributed by atoms with van der Waals surface area (Å²) in [6.45, 7) is 2.43. The number of amides is 1. The Morgan fingerprint density at radius 2 is 1.80 bits per heavy atom. The Bertz CT molecular complexity index is 1070. The van der Waals surface area contributed by atoms with Crippen LogP contribution in [0.2, 0.25) is 0 Å². The molecule has 3 aromatic carbocycles. The molecule has 4 nitrogen and oxygen atoms in total. The van der Waals surface area contributed by atoms with E-state index in [4.69, 9.17) is 9.84 Å². The smallest absolute Gasteiger partial charge is 0.263 e. The van der Waals surface area contributed by atoms with E-state index >= 15 is 0 Å². The maximum Gasteiger partial charge on any atom is 0.263 e. The van der Waals surface area contributed by atoms with E-state index in [0.717, 1.165) is 53.4 Å². The van der Waals surface area contributed by atoms with Gasteiger partial charge in [-0.25, -0.2) is 0 Å². The molecule has 0 aliphatic carbocycles. The van der Waals surface area contributed by atoms with Crippen LogP contribution < -0.4 is 4.90 Å². The van der Waals surface area contributed by atoms with Crippen molar-refractivity contribution in [1.29, 1.82) is 0 Å². The minimum absolute atomic E-state index is 0.0395. The lowest BCUT2D eigenvalue weighted by Crippen LogP contribution is -2.20. The molecule has 2 aliphatic heterocycles. The topological polar surface area (TPSA) is 49.8 Å². The fourth-order valence-corrected chi connectivity index (χ4v) is 4.98. The van der Waals surface area contributed by atoms with Gasteiger partial charge in [0.05, 0.1) is 23.5 Å². The highest BCUT2D eigenvalue weighted by atomic mass is 16.5. The van der Waals surface area contributed by atoms with E-state index in [9.17, 15) is 4.79 Å². The number of hydrogen-bond donors (Lipinski definition) is 1. The summed E-state index contributed by atoms with van der Waals surface area (Å²) >= 11 is 0. The number of hydrogen-bond acceptors (Lipinski definition) is 3. The third-order valence-electron chi connectivity index (χ3n) is 6.56. The van der Waals surface area contributed by atoms with E-state index in [1.165, 1.54) is 5.56 Å². The van der Waals surface area contributed by atoms with Gasteiger partial charge < -0.3 is 9.84 Å². The maximum atomic E-state index is 13.1. The molecular formula is C26H27NO3. The minimum Gasteiger partial charge on any atom is -0.396 e. The normalized spacial score (nSPS) is 22.9. The number of aryl methyl sites for hydroxylation is 1. The van der Waals surface area contributed by atoms with E-state index in [0.29, 0.717) is 5.92 Å². The van der Waals surface area contributed by atoms with E-state index in [2.05, 4.69) is 31.2 Å². The van der Waals surface area contributed by atoms with Crippen molar-refractivity contribution in [3.8, 4) is 0 Å². The largest absolute Gasteiger partial charge is 0.396 e. The van der Waals surface area contributed by atoms with Crippen LogP contribution in [0.3, 0.4) is 0 Å². The summed E-state index contributed by atoms with van der Waals surface area (Å²) in [6.07, 6.45) is 4.15. The molecule has 0 bridgehead atoms. The fraction of sp³-hybridized carbons (Fsp3) is 0.346. The van der Waals surface area contributed by atoms with E-state index in [1.54, 1.807) is 0 Å². The van der Waals surface area contributed by atoms with Crippen molar-refractivity contribution < 1.29 is 14.6 Å². The SMILES string of the molecule is C[C@H]1C[C@@H](CCO)O[C@H]1CCc1ccc(N2C(=O)c3cccc4cccc2c34)cc1. The van der Waals surface area contributed by atoms with Gasteiger partial charge in [-0.05, 0) is 66.8 Å². The molecule has 154 valence electrons. The van der Waals surface area contributed by atoms with Crippen LogP contribution in [-0.2, 0) is 11.2 Å². The van der Waals surface area contributed by atoms with Gasteiger partial charge in [-0.3, -0.25) is 9.69 Å². The molecule has 3 aromatic rings. The van der Waals surface area contributed by atoms with Crippen molar-refractivity contribution in [2.75, 3.05) is 11.5 Å². The molecule has 1 amide bonds. The zero-order chi connectivity index (χ0) is 20.7. The van der Waals surface area contributed by atoms with Gasteiger partial charge in [-0.1, -0.05) is 43.3 Å². The standard InChI is InChI=1S/C26H27NO3/c1-17-16-21(14-15-28)30-24(17)13-10-18-8-11-20(12-9-18)27-23-7-3-5-19-4-2-6-22(25(19)23)26(27)29/h2-9,11-12,17,21,24,28H,10,13-16H2,1H3/t17-,21+,24-/m0/s1. The number of benzene rings is 3. The molecule has 0 saturated carbocycles. The van der Waals surface area contributed by atoms with Crippen LogP contribution in [0.4, 0.5) is 11.4 Å². The van der Waals surface area contributed by atoms with Crippen LogP contribution in [0.5, 0.6) is 0 Å². The third-order valence-corrected chi connectivity index (χ3v) is 6.56. The van der Waals surface area contributed by atoms with Crippen molar-refractivity contribution in [1.82, 2.24) is 0 Å². The maximum absolute atomic E-state index is 13.1. The molecule has 0 radical (unpaired) electrons. The highest BCUT2D eigenvalue weighted by Crippen LogP contribution is 2.41. The first-order valence-corrected chi connectivity index (χ1v) is 10.9. The molecule has 1 N–H and O–H groups in total. The highest BCUT2D eigenvalue weighted by molar-refractivity contribution is 6.27.